The van der Waals surface area contributed by atoms with Gasteiger partial charge >= 0.3 is 0 Å². The summed E-state index contributed by atoms with van der Waals surface area (Å²) in [4.78, 5) is 0. The molecule has 1 aliphatic carbocycles. The first kappa shape index (κ1) is 10.5. The van der Waals surface area contributed by atoms with Crippen LogP contribution in [0.2, 0.25) is 0 Å². The summed E-state index contributed by atoms with van der Waals surface area (Å²) in [6, 6.07) is 9.78. The lowest BCUT2D eigenvalue weighted by Crippen LogP contribution is -2.12. The predicted octanol–water partition coefficient (Wildman–Crippen LogP) is 3.23. The molecule has 0 aliphatic heterocycles. The average Bonchev–Trinajstić information content (AvgIpc) is 3.07. The van der Waals surface area contributed by atoms with Crippen LogP contribution in [0.15, 0.2) is 30.3 Å². The number of hydrogen-bond donors (Lipinski definition) is 0. The molecule has 0 spiro atoms. The fourth-order valence-corrected chi connectivity index (χ4v) is 1.66. The molecule has 82 valence electrons. The molecule has 1 aliphatic rings. The summed E-state index contributed by atoms with van der Waals surface area (Å²) in [6.45, 7) is 3.44. The van der Waals surface area contributed by atoms with Crippen LogP contribution in [0.1, 0.15) is 26.2 Å². The second-order valence-corrected chi connectivity index (χ2v) is 4.28. The van der Waals surface area contributed by atoms with Crippen molar-refractivity contribution in [1.29, 1.82) is 0 Å². The highest BCUT2D eigenvalue weighted by Gasteiger charge is 2.40. The molecule has 0 bridgehead atoms. The maximum absolute atomic E-state index is 5.53. The van der Waals surface area contributed by atoms with Gasteiger partial charge < -0.3 is 9.47 Å². The van der Waals surface area contributed by atoms with E-state index in [1.54, 1.807) is 0 Å². The van der Waals surface area contributed by atoms with E-state index in [4.69, 9.17) is 9.47 Å². The van der Waals surface area contributed by atoms with Gasteiger partial charge in [0.1, 0.15) is 5.75 Å². The van der Waals surface area contributed by atoms with Gasteiger partial charge in [-0.3, -0.25) is 0 Å². The number of para-hydroxylation sites is 1. The van der Waals surface area contributed by atoms with Crippen LogP contribution in [0, 0.1) is 5.41 Å². The molecule has 2 rings (SSSR count). The maximum atomic E-state index is 5.53. The summed E-state index contributed by atoms with van der Waals surface area (Å²) in [7, 11) is 0. The van der Waals surface area contributed by atoms with E-state index < -0.39 is 0 Å². The first-order valence-corrected chi connectivity index (χ1v) is 5.60. The molecular weight excluding hydrogens is 188 g/mol. The van der Waals surface area contributed by atoms with E-state index in [1.165, 1.54) is 19.3 Å². The van der Waals surface area contributed by atoms with Gasteiger partial charge in [-0.15, -0.1) is 0 Å². The van der Waals surface area contributed by atoms with Gasteiger partial charge in [0.05, 0.1) is 6.61 Å². The van der Waals surface area contributed by atoms with E-state index in [0.29, 0.717) is 12.2 Å². The molecule has 1 fully saturated rings. The van der Waals surface area contributed by atoms with Crippen molar-refractivity contribution in [2.45, 2.75) is 26.2 Å². The Morgan fingerprint density at radius 3 is 2.53 bits per heavy atom. The van der Waals surface area contributed by atoms with Crippen molar-refractivity contribution < 1.29 is 9.47 Å². The Kier molecular flexibility index (Phi) is 3.27. The summed E-state index contributed by atoms with van der Waals surface area (Å²) in [5, 5.41) is 0. The molecule has 1 saturated carbocycles. The zero-order valence-corrected chi connectivity index (χ0v) is 9.24. The lowest BCUT2D eigenvalue weighted by molar-refractivity contribution is -0.00823. The molecule has 1 aromatic carbocycles. The molecule has 0 saturated heterocycles. The van der Waals surface area contributed by atoms with Gasteiger partial charge in [-0.05, 0) is 36.8 Å². The van der Waals surface area contributed by atoms with Crippen LogP contribution in [-0.2, 0) is 4.74 Å². The minimum absolute atomic E-state index is 0.367. The van der Waals surface area contributed by atoms with Crippen molar-refractivity contribution in [2.24, 2.45) is 5.41 Å². The van der Waals surface area contributed by atoms with E-state index in [2.05, 4.69) is 6.92 Å². The average molecular weight is 206 g/mol. The Hall–Kier alpha value is -1.02. The summed E-state index contributed by atoms with van der Waals surface area (Å²) in [5.74, 6) is 0.874. The Morgan fingerprint density at radius 1 is 1.20 bits per heavy atom. The normalized spacial score (nSPS) is 17.4. The third-order valence-corrected chi connectivity index (χ3v) is 3.17. The molecule has 15 heavy (non-hydrogen) atoms. The Labute approximate surface area is 91.2 Å². The second kappa shape index (κ2) is 4.67. The highest BCUT2D eigenvalue weighted by atomic mass is 16.7. The number of rotatable bonds is 6. The number of hydrogen-bond acceptors (Lipinski definition) is 2. The monoisotopic (exact) mass is 206 g/mol. The summed E-state index contributed by atoms with van der Waals surface area (Å²) in [6.07, 6.45) is 3.85. The zero-order chi connectivity index (χ0) is 10.6. The van der Waals surface area contributed by atoms with Gasteiger partial charge in [0.2, 0.25) is 0 Å². The molecule has 0 N–H and O–H groups in total. The van der Waals surface area contributed by atoms with E-state index in [9.17, 15) is 0 Å². The fourth-order valence-electron chi connectivity index (χ4n) is 1.66. The largest absolute Gasteiger partial charge is 0.468 e. The van der Waals surface area contributed by atoms with Crippen LogP contribution < -0.4 is 4.74 Å². The van der Waals surface area contributed by atoms with E-state index >= 15 is 0 Å². The number of ether oxygens (including phenoxy) is 2. The van der Waals surface area contributed by atoms with Crippen molar-refractivity contribution in [2.75, 3.05) is 13.4 Å². The molecule has 1 aromatic rings. The first-order chi connectivity index (χ1) is 7.35. The SMILES string of the molecule is CCC1(COCOc2ccccc2)CC1. The maximum Gasteiger partial charge on any atom is 0.189 e. The topological polar surface area (TPSA) is 18.5 Å². The Bertz CT molecular complexity index is 291. The molecule has 0 amide bonds. The van der Waals surface area contributed by atoms with Crippen molar-refractivity contribution >= 4 is 0 Å². The molecule has 0 unspecified atom stereocenters. The van der Waals surface area contributed by atoms with Crippen LogP contribution in [0.4, 0.5) is 0 Å². The predicted molar refractivity (Wildman–Crippen MR) is 59.8 cm³/mol. The molecule has 0 radical (unpaired) electrons. The highest BCUT2D eigenvalue weighted by Crippen LogP contribution is 2.48. The molecule has 0 atom stereocenters. The molecular formula is C13H18O2. The van der Waals surface area contributed by atoms with Gasteiger partial charge in [0, 0.05) is 0 Å². The van der Waals surface area contributed by atoms with Crippen LogP contribution in [-0.4, -0.2) is 13.4 Å². The lowest BCUT2D eigenvalue weighted by atomic mass is 10.1. The van der Waals surface area contributed by atoms with Gasteiger partial charge in [-0.2, -0.15) is 0 Å². The van der Waals surface area contributed by atoms with Gasteiger partial charge in [-0.25, -0.2) is 0 Å². The van der Waals surface area contributed by atoms with Gasteiger partial charge in [0.25, 0.3) is 0 Å². The van der Waals surface area contributed by atoms with E-state index in [1.807, 2.05) is 30.3 Å². The van der Waals surface area contributed by atoms with Crippen LogP contribution in [0.5, 0.6) is 5.75 Å². The van der Waals surface area contributed by atoms with Crippen molar-refractivity contribution in [3.05, 3.63) is 30.3 Å². The quantitative estimate of drug-likeness (QED) is 0.525. The molecule has 0 heterocycles. The third-order valence-electron chi connectivity index (χ3n) is 3.17. The van der Waals surface area contributed by atoms with E-state index in [0.717, 1.165) is 12.4 Å². The Morgan fingerprint density at radius 2 is 1.93 bits per heavy atom. The minimum atomic E-state index is 0.367. The summed E-state index contributed by atoms with van der Waals surface area (Å²) < 4.78 is 11.0. The Balaban J connectivity index is 1.63. The minimum Gasteiger partial charge on any atom is -0.468 e. The van der Waals surface area contributed by atoms with Gasteiger partial charge in [-0.1, -0.05) is 25.1 Å². The summed E-state index contributed by atoms with van der Waals surface area (Å²) in [5.41, 5.74) is 0.486. The molecule has 0 aromatic heterocycles. The van der Waals surface area contributed by atoms with Crippen LogP contribution in [0.3, 0.4) is 0 Å². The fraction of sp³-hybridized carbons (Fsp3) is 0.538. The smallest absolute Gasteiger partial charge is 0.189 e. The third kappa shape index (κ3) is 2.96. The number of benzene rings is 1. The molecule has 2 heteroatoms. The van der Waals surface area contributed by atoms with Gasteiger partial charge in [0.15, 0.2) is 6.79 Å². The second-order valence-electron chi connectivity index (χ2n) is 4.28. The standard InChI is InChI=1S/C13H18O2/c1-2-13(8-9-13)10-14-11-15-12-6-4-3-5-7-12/h3-7H,2,8-11H2,1H3. The molecule has 2 nitrogen and oxygen atoms in total. The van der Waals surface area contributed by atoms with Crippen molar-refractivity contribution in [3.63, 3.8) is 0 Å². The summed E-state index contributed by atoms with van der Waals surface area (Å²) >= 11 is 0. The first-order valence-electron chi connectivity index (χ1n) is 5.60. The van der Waals surface area contributed by atoms with E-state index in [-0.39, 0.29) is 0 Å². The van der Waals surface area contributed by atoms with Crippen molar-refractivity contribution in [3.8, 4) is 5.75 Å². The van der Waals surface area contributed by atoms with Crippen LogP contribution >= 0.6 is 0 Å². The van der Waals surface area contributed by atoms with Crippen LogP contribution in [0.25, 0.3) is 0 Å². The lowest BCUT2D eigenvalue weighted by Gasteiger charge is -2.13. The zero-order valence-electron chi connectivity index (χ0n) is 9.24. The highest BCUT2D eigenvalue weighted by molar-refractivity contribution is 5.20. The van der Waals surface area contributed by atoms with Crippen molar-refractivity contribution in [1.82, 2.24) is 0 Å².